The van der Waals surface area contributed by atoms with Gasteiger partial charge < -0.3 is 5.73 Å². The van der Waals surface area contributed by atoms with Gasteiger partial charge in [0.2, 0.25) is 0 Å². The van der Waals surface area contributed by atoms with Crippen molar-refractivity contribution in [1.82, 2.24) is 5.32 Å². The zero-order valence-corrected chi connectivity index (χ0v) is 10.7. The Morgan fingerprint density at radius 2 is 1.89 bits per heavy atom. The highest BCUT2D eigenvalue weighted by molar-refractivity contribution is 5.24. The lowest BCUT2D eigenvalue weighted by Gasteiger charge is -2.22. The Labute approximate surface area is 111 Å². The minimum absolute atomic E-state index is 0.0160. The van der Waals surface area contributed by atoms with Gasteiger partial charge in [-0.05, 0) is 12.5 Å². The highest BCUT2D eigenvalue weighted by Gasteiger charge is 2.19. The largest absolute Gasteiger partial charge is 0.329 e. The lowest BCUT2D eigenvalue weighted by Crippen LogP contribution is -2.36. The fourth-order valence-corrected chi connectivity index (χ4v) is 1.84. The molecule has 0 radical (unpaired) electrons. The molecule has 104 valence electrons. The maximum Gasteiger partial charge on any atom is 0.161 e. The zero-order valence-electron chi connectivity index (χ0n) is 10.7. The van der Waals surface area contributed by atoms with E-state index in [1.54, 1.807) is 0 Å². The van der Waals surface area contributed by atoms with E-state index in [2.05, 4.69) is 11.2 Å². The summed E-state index contributed by atoms with van der Waals surface area (Å²) in [5.41, 5.74) is 5.53. The highest BCUT2D eigenvalue weighted by atomic mass is 19.2. The number of terminal acetylenes is 1. The molecule has 0 bridgehead atoms. The van der Waals surface area contributed by atoms with Crippen molar-refractivity contribution in [1.29, 1.82) is 0 Å². The number of halogens is 3. The van der Waals surface area contributed by atoms with Crippen LogP contribution in [0.15, 0.2) is 12.1 Å². The molecule has 0 aliphatic carbocycles. The van der Waals surface area contributed by atoms with Gasteiger partial charge in [0.05, 0.1) is 6.04 Å². The fourth-order valence-electron chi connectivity index (χ4n) is 1.84. The fraction of sp³-hybridized carbons (Fsp3) is 0.429. The first-order chi connectivity index (χ1) is 9.03. The second-order valence-electron chi connectivity index (χ2n) is 4.25. The molecule has 0 heterocycles. The third-order valence-corrected chi connectivity index (χ3v) is 2.83. The molecule has 0 aliphatic rings. The van der Waals surface area contributed by atoms with Gasteiger partial charge >= 0.3 is 0 Å². The summed E-state index contributed by atoms with van der Waals surface area (Å²) < 4.78 is 39.7. The van der Waals surface area contributed by atoms with Crippen LogP contribution in [-0.4, -0.2) is 12.6 Å². The maximum atomic E-state index is 13.7. The van der Waals surface area contributed by atoms with Gasteiger partial charge in [0, 0.05) is 24.2 Å². The first-order valence-electron chi connectivity index (χ1n) is 6.10. The van der Waals surface area contributed by atoms with E-state index in [0.29, 0.717) is 12.5 Å². The number of nitrogens with one attached hydrogen (secondary N) is 1. The Morgan fingerprint density at radius 1 is 1.26 bits per heavy atom. The molecule has 0 aromatic heterocycles. The Hall–Kier alpha value is -1.51. The predicted octanol–water partition coefficient (Wildman–Crippen LogP) is 2.50. The van der Waals surface area contributed by atoms with Gasteiger partial charge in [0.1, 0.15) is 5.82 Å². The van der Waals surface area contributed by atoms with Crippen molar-refractivity contribution in [2.75, 3.05) is 6.54 Å². The van der Waals surface area contributed by atoms with Crippen LogP contribution < -0.4 is 11.1 Å². The van der Waals surface area contributed by atoms with Crippen molar-refractivity contribution >= 4 is 0 Å². The van der Waals surface area contributed by atoms with Crippen LogP contribution in [0.1, 0.15) is 31.4 Å². The summed E-state index contributed by atoms with van der Waals surface area (Å²) in [6.45, 7) is 1.99. The van der Waals surface area contributed by atoms with E-state index in [-0.39, 0.29) is 18.2 Å². The molecular weight excluding hydrogens is 253 g/mol. The smallest absolute Gasteiger partial charge is 0.161 e. The molecule has 5 heteroatoms. The number of hydrogen-bond acceptors (Lipinski definition) is 2. The van der Waals surface area contributed by atoms with Crippen molar-refractivity contribution < 1.29 is 13.2 Å². The van der Waals surface area contributed by atoms with Gasteiger partial charge in [-0.3, -0.25) is 5.32 Å². The molecular formula is C14H17F3N2. The molecule has 0 amide bonds. The molecule has 0 saturated heterocycles. The molecule has 1 aromatic rings. The molecule has 3 N–H and O–H groups in total. The summed E-state index contributed by atoms with van der Waals surface area (Å²) in [5.74, 6) is -0.643. The molecule has 19 heavy (non-hydrogen) atoms. The highest BCUT2D eigenvalue weighted by Crippen LogP contribution is 2.20. The lowest BCUT2D eigenvalue weighted by molar-refractivity contribution is 0.443. The monoisotopic (exact) mass is 270 g/mol. The van der Waals surface area contributed by atoms with Gasteiger partial charge in [0.15, 0.2) is 11.6 Å². The zero-order chi connectivity index (χ0) is 14.4. The lowest BCUT2D eigenvalue weighted by atomic mass is 10.0. The molecule has 2 unspecified atom stereocenters. The van der Waals surface area contributed by atoms with Gasteiger partial charge in [-0.15, -0.1) is 6.42 Å². The predicted molar refractivity (Wildman–Crippen MR) is 68.8 cm³/mol. The molecule has 0 spiro atoms. The third-order valence-electron chi connectivity index (χ3n) is 2.83. The summed E-state index contributed by atoms with van der Waals surface area (Å²) in [4.78, 5) is 0. The molecule has 0 aliphatic heterocycles. The van der Waals surface area contributed by atoms with Gasteiger partial charge in [0.25, 0.3) is 0 Å². The van der Waals surface area contributed by atoms with E-state index >= 15 is 0 Å². The summed E-state index contributed by atoms with van der Waals surface area (Å²) in [6.07, 6.45) is 6.89. The average molecular weight is 270 g/mol. The third kappa shape index (κ3) is 3.98. The van der Waals surface area contributed by atoms with Crippen molar-refractivity contribution in [3.8, 4) is 12.3 Å². The van der Waals surface area contributed by atoms with Gasteiger partial charge in [-0.1, -0.05) is 19.3 Å². The van der Waals surface area contributed by atoms with Crippen molar-refractivity contribution in [3.05, 3.63) is 35.1 Å². The molecule has 2 nitrogen and oxygen atoms in total. The van der Waals surface area contributed by atoms with E-state index < -0.39 is 23.5 Å². The summed E-state index contributed by atoms with van der Waals surface area (Å²) in [7, 11) is 0. The van der Waals surface area contributed by atoms with Crippen molar-refractivity contribution in [2.24, 2.45) is 5.73 Å². The van der Waals surface area contributed by atoms with Crippen molar-refractivity contribution in [3.63, 3.8) is 0 Å². The molecule has 0 saturated carbocycles. The van der Waals surface area contributed by atoms with E-state index in [1.807, 2.05) is 6.92 Å². The van der Waals surface area contributed by atoms with E-state index in [4.69, 9.17) is 12.2 Å². The maximum absolute atomic E-state index is 13.7. The first-order valence-corrected chi connectivity index (χ1v) is 6.10. The second kappa shape index (κ2) is 7.17. The van der Waals surface area contributed by atoms with Crippen LogP contribution >= 0.6 is 0 Å². The Morgan fingerprint density at radius 3 is 2.42 bits per heavy atom. The SMILES string of the molecule is C#CC(CCC)NC(CN)c1cc(F)c(F)cc1F. The number of benzene rings is 1. The van der Waals surface area contributed by atoms with Crippen LogP contribution in [-0.2, 0) is 0 Å². The van der Waals surface area contributed by atoms with Crippen LogP contribution in [0.2, 0.25) is 0 Å². The topological polar surface area (TPSA) is 38.0 Å². The number of rotatable bonds is 6. The molecule has 0 fully saturated rings. The van der Waals surface area contributed by atoms with Crippen LogP contribution in [0.4, 0.5) is 13.2 Å². The van der Waals surface area contributed by atoms with Gasteiger partial charge in [-0.25, -0.2) is 13.2 Å². The summed E-state index contributed by atoms with van der Waals surface area (Å²) in [5, 5.41) is 2.97. The number of nitrogens with two attached hydrogens (primary N) is 1. The van der Waals surface area contributed by atoms with E-state index in [9.17, 15) is 13.2 Å². The van der Waals surface area contributed by atoms with Crippen LogP contribution in [0.25, 0.3) is 0 Å². The Bertz CT molecular complexity index is 468. The Kier molecular flexibility index (Phi) is 5.87. The molecule has 1 rings (SSSR count). The van der Waals surface area contributed by atoms with E-state index in [1.165, 1.54) is 0 Å². The Balaban J connectivity index is 2.97. The summed E-state index contributed by atoms with van der Waals surface area (Å²) in [6, 6.07) is 0.391. The second-order valence-corrected chi connectivity index (χ2v) is 4.25. The van der Waals surface area contributed by atoms with Crippen LogP contribution in [0.3, 0.4) is 0 Å². The molecule has 1 aromatic carbocycles. The standard InChI is InChI=1S/C14H17F3N2/c1-3-5-9(4-2)19-14(8-18)10-6-12(16)13(17)7-11(10)15/h2,6-7,9,14,19H,3,5,8,18H2,1H3. The van der Waals surface area contributed by atoms with E-state index in [0.717, 1.165) is 12.5 Å². The van der Waals surface area contributed by atoms with Gasteiger partial charge in [-0.2, -0.15) is 0 Å². The average Bonchev–Trinajstić information content (AvgIpc) is 2.39. The normalized spacial score (nSPS) is 13.9. The van der Waals surface area contributed by atoms with Crippen molar-refractivity contribution in [2.45, 2.75) is 31.8 Å². The minimum atomic E-state index is -1.22. The molecule has 2 atom stereocenters. The van der Waals surface area contributed by atoms with Crippen LogP contribution in [0.5, 0.6) is 0 Å². The number of hydrogen-bond donors (Lipinski definition) is 2. The minimum Gasteiger partial charge on any atom is -0.329 e. The quantitative estimate of drug-likeness (QED) is 0.615. The summed E-state index contributed by atoms with van der Waals surface area (Å²) >= 11 is 0. The van der Waals surface area contributed by atoms with Crippen LogP contribution in [0, 0.1) is 29.8 Å². The first kappa shape index (κ1) is 15.5.